The minimum Gasteiger partial charge on any atom is -0.468 e. The van der Waals surface area contributed by atoms with Crippen LogP contribution in [0.5, 0.6) is 0 Å². The Morgan fingerprint density at radius 3 is 2.81 bits per heavy atom. The van der Waals surface area contributed by atoms with Gasteiger partial charge in [0.05, 0.1) is 13.2 Å². The number of esters is 1. The first kappa shape index (κ1) is 12.7. The van der Waals surface area contributed by atoms with Crippen LogP contribution in [0.2, 0.25) is 0 Å². The van der Waals surface area contributed by atoms with Crippen molar-refractivity contribution in [3.8, 4) is 0 Å². The summed E-state index contributed by atoms with van der Waals surface area (Å²) in [6, 6.07) is -0.363. The van der Waals surface area contributed by atoms with Crippen molar-refractivity contribution in [3.63, 3.8) is 0 Å². The molecule has 1 rings (SSSR count). The maximum atomic E-state index is 11.6. The lowest BCUT2D eigenvalue weighted by Crippen LogP contribution is -2.43. The third kappa shape index (κ3) is 2.61. The topological polar surface area (TPSA) is 56.1 Å². The predicted molar refractivity (Wildman–Crippen MR) is 61.2 cm³/mol. The van der Waals surface area contributed by atoms with Gasteiger partial charge >= 0.3 is 5.97 Å². The average Bonchev–Trinajstić information content (AvgIpc) is 2.70. The van der Waals surface area contributed by atoms with Gasteiger partial charge in [-0.25, -0.2) is 4.98 Å². The Morgan fingerprint density at radius 1 is 1.69 bits per heavy atom. The highest BCUT2D eigenvalue weighted by molar-refractivity contribution is 5.76. The van der Waals surface area contributed by atoms with Crippen LogP contribution in [0.25, 0.3) is 0 Å². The molecule has 0 amide bonds. The fraction of sp³-hybridized carbons (Fsp3) is 0.636. The molecule has 1 aromatic heterocycles. The molecule has 0 radical (unpaired) electrons. The van der Waals surface area contributed by atoms with Crippen molar-refractivity contribution >= 4 is 5.97 Å². The van der Waals surface area contributed by atoms with E-state index in [4.69, 9.17) is 4.74 Å². The molecular weight excluding hydrogens is 206 g/mol. The number of carbonyl (C=O) groups excluding carboxylic acids is 1. The zero-order valence-corrected chi connectivity index (χ0v) is 10.2. The summed E-state index contributed by atoms with van der Waals surface area (Å²) in [4.78, 5) is 15.8. The lowest BCUT2D eigenvalue weighted by atomic mass is 10.1. The van der Waals surface area contributed by atoms with Crippen LogP contribution in [0.3, 0.4) is 0 Å². The van der Waals surface area contributed by atoms with Crippen molar-refractivity contribution in [2.24, 2.45) is 0 Å². The molecule has 1 N–H and O–H groups in total. The zero-order valence-electron chi connectivity index (χ0n) is 10.2. The van der Waals surface area contributed by atoms with Crippen LogP contribution in [-0.4, -0.2) is 35.2 Å². The maximum Gasteiger partial charge on any atom is 0.325 e. The summed E-state index contributed by atoms with van der Waals surface area (Å²) < 4.78 is 6.75. The minimum absolute atomic E-state index is 0.0186. The molecule has 2 atom stereocenters. The highest BCUT2D eigenvalue weighted by Gasteiger charge is 2.26. The van der Waals surface area contributed by atoms with E-state index < -0.39 is 0 Å². The first-order valence-electron chi connectivity index (χ1n) is 5.42. The van der Waals surface area contributed by atoms with E-state index in [-0.39, 0.29) is 18.1 Å². The minimum atomic E-state index is -0.345. The molecule has 0 saturated carbocycles. The number of hydrogen-bond donors (Lipinski definition) is 1. The molecule has 0 aliphatic carbocycles. The molecular formula is C11H19N3O2. The number of imidazole rings is 1. The molecule has 0 aromatic carbocycles. The molecule has 0 aliphatic heterocycles. The quantitative estimate of drug-likeness (QED) is 0.757. The Hall–Kier alpha value is -1.36. The summed E-state index contributed by atoms with van der Waals surface area (Å²) in [6.07, 6.45) is 3.60. The van der Waals surface area contributed by atoms with E-state index in [1.165, 1.54) is 7.11 Å². The fourth-order valence-corrected chi connectivity index (χ4v) is 1.78. The number of hydrogen-bond acceptors (Lipinski definition) is 4. The van der Waals surface area contributed by atoms with Crippen LogP contribution in [-0.2, 0) is 9.53 Å². The lowest BCUT2D eigenvalue weighted by molar-refractivity contribution is -0.144. The molecule has 5 nitrogen and oxygen atoms in total. The number of rotatable bonds is 5. The normalized spacial score (nSPS) is 14.5. The van der Waals surface area contributed by atoms with E-state index >= 15 is 0 Å². The van der Waals surface area contributed by atoms with Gasteiger partial charge in [0.25, 0.3) is 0 Å². The van der Waals surface area contributed by atoms with Crippen molar-refractivity contribution in [2.75, 3.05) is 13.7 Å². The van der Waals surface area contributed by atoms with Crippen molar-refractivity contribution in [1.29, 1.82) is 0 Å². The van der Waals surface area contributed by atoms with Gasteiger partial charge in [0.2, 0.25) is 0 Å². The molecule has 90 valence electrons. The Labute approximate surface area is 95.8 Å². The molecule has 2 unspecified atom stereocenters. The van der Waals surface area contributed by atoms with Gasteiger partial charge in [-0.15, -0.1) is 0 Å². The number of carbonyl (C=O) groups is 1. The van der Waals surface area contributed by atoms with Crippen molar-refractivity contribution in [3.05, 3.63) is 18.2 Å². The average molecular weight is 225 g/mol. The molecule has 1 aromatic rings. The number of aryl methyl sites for hydroxylation is 1. The largest absolute Gasteiger partial charge is 0.468 e. The predicted octanol–water partition coefficient (Wildman–Crippen LogP) is 0.904. The van der Waals surface area contributed by atoms with E-state index in [2.05, 4.69) is 10.3 Å². The first-order valence-corrected chi connectivity index (χ1v) is 5.42. The van der Waals surface area contributed by atoms with E-state index in [9.17, 15) is 4.79 Å². The highest BCUT2D eigenvalue weighted by Crippen LogP contribution is 2.14. The summed E-state index contributed by atoms with van der Waals surface area (Å²) in [5, 5.41) is 3.13. The molecule has 0 fully saturated rings. The summed E-state index contributed by atoms with van der Waals surface area (Å²) in [7, 11) is 1.40. The molecule has 0 saturated heterocycles. The molecule has 0 aliphatic rings. The number of methoxy groups -OCH3 is 1. The Morgan fingerprint density at radius 2 is 2.38 bits per heavy atom. The van der Waals surface area contributed by atoms with Crippen LogP contribution in [0.15, 0.2) is 12.4 Å². The van der Waals surface area contributed by atoms with Gasteiger partial charge in [0.15, 0.2) is 0 Å². The van der Waals surface area contributed by atoms with Crippen LogP contribution >= 0.6 is 0 Å². The smallest absolute Gasteiger partial charge is 0.325 e. The van der Waals surface area contributed by atoms with Crippen molar-refractivity contribution < 1.29 is 9.53 Å². The van der Waals surface area contributed by atoms with Crippen molar-refractivity contribution in [1.82, 2.24) is 14.9 Å². The van der Waals surface area contributed by atoms with Gasteiger partial charge in [-0.3, -0.25) is 4.79 Å². The van der Waals surface area contributed by atoms with Gasteiger partial charge in [0.1, 0.15) is 11.9 Å². The van der Waals surface area contributed by atoms with Crippen LogP contribution in [0.4, 0.5) is 0 Å². The van der Waals surface area contributed by atoms with Crippen LogP contribution in [0.1, 0.15) is 25.7 Å². The molecule has 5 heteroatoms. The Bertz CT molecular complexity index is 349. The Kier molecular flexibility index (Phi) is 4.49. The van der Waals surface area contributed by atoms with Gasteiger partial charge in [-0.05, 0) is 20.4 Å². The van der Waals surface area contributed by atoms with E-state index in [0.29, 0.717) is 0 Å². The van der Waals surface area contributed by atoms with Gasteiger partial charge in [-0.2, -0.15) is 0 Å². The number of nitrogens with zero attached hydrogens (tertiary/aromatic N) is 2. The third-order valence-corrected chi connectivity index (χ3v) is 2.66. The van der Waals surface area contributed by atoms with Gasteiger partial charge in [0, 0.05) is 12.4 Å². The van der Waals surface area contributed by atoms with Crippen molar-refractivity contribution in [2.45, 2.75) is 32.9 Å². The summed E-state index contributed by atoms with van der Waals surface area (Å²) in [5.74, 6) is 0.641. The lowest BCUT2D eigenvalue weighted by Gasteiger charge is -2.24. The fourth-order valence-electron chi connectivity index (χ4n) is 1.78. The van der Waals surface area contributed by atoms with E-state index in [1.54, 1.807) is 6.20 Å². The summed E-state index contributed by atoms with van der Waals surface area (Å²) >= 11 is 0. The number of nitrogens with one attached hydrogen (secondary N) is 1. The monoisotopic (exact) mass is 225 g/mol. The first-order chi connectivity index (χ1) is 7.61. The van der Waals surface area contributed by atoms with E-state index in [1.807, 2.05) is 31.5 Å². The summed E-state index contributed by atoms with van der Waals surface area (Å²) in [6.45, 7) is 6.57. The highest BCUT2D eigenvalue weighted by atomic mass is 16.5. The number of ether oxygens (including phenoxy) is 1. The number of aromatic nitrogens is 2. The second-order valence-electron chi connectivity index (χ2n) is 3.68. The summed E-state index contributed by atoms with van der Waals surface area (Å²) in [5.41, 5.74) is 0. The second kappa shape index (κ2) is 5.65. The standard InChI is InChI=1S/C11H19N3O2/c1-5-12-10(11(15)16-4)8(2)14-7-6-13-9(14)3/h6-8,10,12H,5H2,1-4H3. The molecule has 0 bridgehead atoms. The Balaban J connectivity index is 2.86. The van der Waals surface area contributed by atoms with E-state index in [0.717, 1.165) is 12.4 Å². The maximum absolute atomic E-state index is 11.6. The molecule has 1 heterocycles. The third-order valence-electron chi connectivity index (χ3n) is 2.66. The SMILES string of the molecule is CCNC(C(=O)OC)C(C)n1ccnc1C. The van der Waals surface area contributed by atoms with Gasteiger partial charge < -0.3 is 14.6 Å². The molecule has 16 heavy (non-hydrogen) atoms. The molecule has 0 spiro atoms. The zero-order chi connectivity index (χ0) is 12.1. The second-order valence-corrected chi connectivity index (χ2v) is 3.68. The number of likely N-dealkylation sites (N-methyl/N-ethyl adjacent to an activating group) is 1. The van der Waals surface area contributed by atoms with Gasteiger partial charge in [-0.1, -0.05) is 6.92 Å². The van der Waals surface area contributed by atoms with Crippen LogP contribution < -0.4 is 5.32 Å². The van der Waals surface area contributed by atoms with Crippen LogP contribution in [0, 0.1) is 6.92 Å².